The molecule has 0 aliphatic rings. The van der Waals surface area contributed by atoms with Crippen molar-refractivity contribution in [3.63, 3.8) is 0 Å². The first-order chi connectivity index (χ1) is 8.63. The summed E-state index contributed by atoms with van der Waals surface area (Å²) in [4.78, 5) is 0. The maximum absolute atomic E-state index is 13.8. The van der Waals surface area contributed by atoms with E-state index < -0.39 is 11.6 Å². The molecule has 0 radical (unpaired) electrons. The van der Waals surface area contributed by atoms with Crippen molar-refractivity contribution in [2.45, 2.75) is 26.9 Å². The number of anilines is 1. The second kappa shape index (κ2) is 5.21. The van der Waals surface area contributed by atoms with Gasteiger partial charge in [-0.2, -0.15) is 0 Å². The van der Waals surface area contributed by atoms with E-state index in [0.29, 0.717) is 12.1 Å². The molecule has 2 rings (SSSR count). The lowest BCUT2D eigenvalue weighted by atomic mass is 10.2. The lowest BCUT2D eigenvalue weighted by Crippen LogP contribution is -2.08. The lowest BCUT2D eigenvalue weighted by molar-refractivity contribution is 0.581. The fourth-order valence-electron chi connectivity index (χ4n) is 1.92. The zero-order valence-corrected chi connectivity index (χ0v) is 10.5. The van der Waals surface area contributed by atoms with Gasteiger partial charge in [0.2, 0.25) is 0 Å². The average molecular weight is 250 g/mol. The summed E-state index contributed by atoms with van der Waals surface area (Å²) in [5.41, 5.74) is 1.38. The van der Waals surface area contributed by atoms with E-state index >= 15 is 0 Å². The molecule has 0 saturated carbocycles. The van der Waals surface area contributed by atoms with Gasteiger partial charge in [-0.15, -0.1) is 0 Å². The Morgan fingerprint density at radius 2 is 2.00 bits per heavy atom. The highest BCUT2D eigenvalue weighted by molar-refractivity contribution is 5.49. The van der Waals surface area contributed by atoms with Crippen LogP contribution in [-0.2, 0) is 13.1 Å². The van der Waals surface area contributed by atoms with Crippen LogP contribution in [-0.4, -0.2) is 4.57 Å². The Morgan fingerprint density at radius 1 is 1.22 bits per heavy atom. The van der Waals surface area contributed by atoms with Crippen LogP contribution in [0.15, 0.2) is 30.5 Å². The highest BCUT2D eigenvalue weighted by atomic mass is 19.1. The number of hydrogen-bond acceptors (Lipinski definition) is 1. The molecule has 4 heteroatoms. The minimum Gasteiger partial charge on any atom is -0.375 e. The summed E-state index contributed by atoms with van der Waals surface area (Å²) in [6.45, 7) is 4.88. The van der Waals surface area contributed by atoms with E-state index in [2.05, 4.69) is 5.32 Å². The van der Waals surface area contributed by atoms with Crippen LogP contribution in [0.5, 0.6) is 0 Å². The molecule has 1 aromatic heterocycles. The van der Waals surface area contributed by atoms with E-state index in [4.69, 9.17) is 0 Å². The number of benzene rings is 1. The molecule has 0 aliphatic heterocycles. The molecule has 1 N–H and O–H groups in total. The summed E-state index contributed by atoms with van der Waals surface area (Å²) < 4.78 is 29.3. The summed E-state index contributed by atoms with van der Waals surface area (Å²) in [5, 5.41) is 2.83. The normalized spacial score (nSPS) is 10.7. The van der Waals surface area contributed by atoms with Crippen LogP contribution in [0.25, 0.3) is 0 Å². The van der Waals surface area contributed by atoms with Gasteiger partial charge in [0, 0.05) is 18.4 Å². The van der Waals surface area contributed by atoms with Crippen molar-refractivity contribution in [3.05, 3.63) is 53.4 Å². The fraction of sp³-hybridized carbons (Fsp3) is 0.286. The maximum atomic E-state index is 13.8. The predicted octanol–water partition coefficient (Wildman–Crippen LogP) is 3.71. The van der Waals surface area contributed by atoms with Gasteiger partial charge in [-0.3, -0.25) is 0 Å². The maximum Gasteiger partial charge on any atom is 0.152 e. The minimum atomic E-state index is -0.562. The number of aryl methyl sites for hydroxylation is 2. The fourth-order valence-corrected chi connectivity index (χ4v) is 1.92. The standard InChI is InChI=1S/C14H16F2N2/c1-3-18-8-4-5-11(18)9-17-14-12(15)7-6-10(2)13(14)16/h4-8,17H,3,9H2,1-2H3. The molecule has 2 aromatic rings. The third kappa shape index (κ3) is 2.37. The van der Waals surface area contributed by atoms with E-state index in [1.54, 1.807) is 6.92 Å². The van der Waals surface area contributed by atoms with Crippen molar-refractivity contribution in [1.82, 2.24) is 4.57 Å². The van der Waals surface area contributed by atoms with Gasteiger partial charge in [-0.25, -0.2) is 8.78 Å². The number of halogens is 2. The number of aromatic nitrogens is 1. The Hall–Kier alpha value is -1.84. The van der Waals surface area contributed by atoms with E-state index in [1.165, 1.54) is 12.1 Å². The Balaban J connectivity index is 2.18. The Morgan fingerprint density at radius 3 is 2.72 bits per heavy atom. The zero-order chi connectivity index (χ0) is 13.1. The quantitative estimate of drug-likeness (QED) is 0.875. The number of rotatable bonds is 4. The monoisotopic (exact) mass is 250 g/mol. The topological polar surface area (TPSA) is 17.0 Å². The van der Waals surface area contributed by atoms with Crippen molar-refractivity contribution in [2.24, 2.45) is 0 Å². The largest absolute Gasteiger partial charge is 0.375 e. The van der Waals surface area contributed by atoms with Crippen molar-refractivity contribution in [3.8, 4) is 0 Å². The van der Waals surface area contributed by atoms with Crippen molar-refractivity contribution >= 4 is 5.69 Å². The van der Waals surface area contributed by atoms with E-state index in [9.17, 15) is 8.78 Å². The molecule has 0 fully saturated rings. The van der Waals surface area contributed by atoms with E-state index in [0.717, 1.165) is 12.2 Å². The minimum absolute atomic E-state index is 0.0566. The second-order valence-electron chi connectivity index (χ2n) is 4.19. The van der Waals surface area contributed by atoms with Crippen LogP contribution in [0.1, 0.15) is 18.2 Å². The molecule has 0 atom stereocenters. The van der Waals surface area contributed by atoms with Crippen LogP contribution >= 0.6 is 0 Å². The van der Waals surface area contributed by atoms with E-state index in [1.807, 2.05) is 29.8 Å². The van der Waals surface area contributed by atoms with Crippen molar-refractivity contribution in [2.75, 3.05) is 5.32 Å². The van der Waals surface area contributed by atoms with Gasteiger partial charge in [-0.05, 0) is 37.6 Å². The molecule has 1 heterocycles. The lowest BCUT2D eigenvalue weighted by Gasteiger charge is -2.12. The van der Waals surface area contributed by atoms with Gasteiger partial charge in [0.05, 0.1) is 6.54 Å². The molecular weight excluding hydrogens is 234 g/mol. The van der Waals surface area contributed by atoms with Gasteiger partial charge in [-0.1, -0.05) is 6.07 Å². The van der Waals surface area contributed by atoms with Crippen LogP contribution in [0.4, 0.5) is 14.5 Å². The van der Waals surface area contributed by atoms with Gasteiger partial charge in [0.15, 0.2) is 5.82 Å². The molecule has 0 unspecified atom stereocenters. The molecule has 0 saturated heterocycles. The Kier molecular flexibility index (Phi) is 3.65. The van der Waals surface area contributed by atoms with E-state index in [-0.39, 0.29) is 5.69 Å². The number of nitrogens with zero attached hydrogens (tertiary/aromatic N) is 1. The summed E-state index contributed by atoms with van der Waals surface area (Å²) in [5.74, 6) is -1.09. The highest BCUT2D eigenvalue weighted by Crippen LogP contribution is 2.22. The molecule has 0 amide bonds. The molecular formula is C14H16F2N2. The summed E-state index contributed by atoms with van der Waals surface area (Å²) in [7, 11) is 0. The van der Waals surface area contributed by atoms with Gasteiger partial charge in [0.25, 0.3) is 0 Å². The number of hydrogen-bond donors (Lipinski definition) is 1. The summed E-state index contributed by atoms with van der Waals surface area (Å²) in [6, 6.07) is 6.57. The first kappa shape index (κ1) is 12.6. The third-order valence-electron chi connectivity index (χ3n) is 2.99. The summed E-state index contributed by atoms with van der Waals surface area (Å²) in [6.07, 6.45) is 1.94. The average Bonchev–Trinajstić information content (AvgIpc) is 2.81. The van der Waals surface area contributed by atoms with Crippen LogP contribution in [0, 0.1) is 18.6 Å². The van der Waals surface area contributed by atoms with Gasteiger partial charge in [0.1, 0.15) is 11.5 Å². The first-order valence-corrected chi connectivity index (χ1v) is 5.96. The van der Waals surface area contributed by atoms with Crippen LogP contribution < -0.4 is 5.32 Å². The van der Waals surface area contributed by atoms with Crippen LogP contribution in [0.2, 0.25) is 0 Å². The Bertz CT molecular complexity index is 547. The number of nitrogens with one attached hydrogen (secondary N) is 1. The molecule has 18 heavy (non-hydrogen) atoms. The highest BCUT2D eigenvalue weighted by Gasteiger charge is 2.11. The van der Waals surface area contributed by atoms with Crippen molar-refractivity contribution < 1.29 is 8.78 Å². The van der Waals surface area contributed by atoms with Crippen molar-refractivity contribution in [1.29, 1.82) is 0 Å². The smallest absolute Gasteiger partial charge is 0.152 e. The summed E-state index contributed by atoms with van der Waals surface area (Å²) >= 11 is 0. The predicted molar refractivity (Wildman–Crippen MR) is 68.5 cm³/mol. The molecule has 0 spiro atoms. The molecule has 96 valence electrons. The molecule has 2 nitrogen and oxygen atoms in total. The second-order valence-corrected chi connectivity index (χ2v) is 4.19. The first-order valence-electron chi connectivity index (χ1n) is 5.96. The van der Waals surface area contributed by atoms with Gasteiger partial charge >= 0.3 is 0 Å². The SMILES string of the molecule is CCn1cccc1CNc1c(F)ccc(C)c1F. The molecule has 0 aliphatic carbocycles. The molecule has 1 aromatic carbocycles. The van der Waals surface area contributed by atoms with Crippen LogP contribution in [0.3, 0.4) is 0 Å². The van der Waals surface area contributed by atoms with Gasteiger partial charge < -0.3 is 9.88 Å². The molecule has 0 bridgehead atoms. The third-order valence-corrected chi connectivity index (χ3v) is 2.99. The Labute approximate surface area is 105 Å². The zero-order valence-electron chi connectivity index (χ0n) is 10.5.